The van der Waals surface area contributed by atoms with Crippen LogP contribution in [0.15, 0.2) is 52.7 Å². The molecular formula is C22H24BrN3O2S. The van der Waals surface area contributed by atoms with Gasteiger partial charge in [0.25, 0.3) is 0 Å². The topological polar surface area (TPSA) is 75.1 Å². The van der Waals surface area contributed by atoms with Crippen molar-refractivity contribution in [2.75, 3.05) is 18.5 Å². The van der Waals surface area contributed by atoms with Gasteiger partial charge < -0.3 is 10.4 Å². The number of aliphatic hydroxyl groups is 1. The number of nitrogens with one attached hydrogen (secondary N) is 1. The van der Waals surface area contributed by atoms with Crippen LogP contribution in [0.2, 0.25) is 0 Å². The summed E-state index contributed by atoms with van der Waals surface area (Å²) in [7, 11) is 0. The maximum Gasteiger partial charge on any atom is 0.208 e. The van der Waals surface area contributed by atoms with Crippen molar-refractivity contribution in [1.29, 1.82) is 0 Å². The zero-order valence-corrected chi connectivity index (χ0v) is 18.7. The second kappa shape index (κ2) is 10.6. The van der Waals surface area contributed by atoms with Crippen LogP contribution in [0.25, 0.3) is 0 Å². The van der Waals surface area contributed by atoms with Gasteiger partial charge in [0.05, 0.1) is 10.4 Å². The van der Waals surface area contributed by atoms with Gasteiger partial charge in [0.15, 0.2) is 0 Å². The highest BCUT2D eigenvalue weighted by molar-refractivity contribution is 9.10. The smallest absolute Gasteiger partial charge is 0.208 e. The average molecular weight is 474 g/mol. The van der Waals surface area contributed by atoms with Crippen LogP contribution in [0.1, 0.15) is 46.1 Å². The summed E-state index contributed by atoms with van der Waals surface area (Å²) < 4.78 is 1.05. The number of carbonyl (C=O) groups is 1. The number of nitrogens with zero attached hydrogens (tertiary/aromatic N) is 2. The Balaban J connectivity index is 1.70. The molecule has 0 fully saturated rings. The molecule has 0 aliphatic carbocycles. The van der Waals surface area contributed by atoms with Gasteiger partial charge in [-0.1, -0.05) is 41.4 Å². The largest absolute Gasteiger partial charge is 0.396 e. The third kappa shape index (κ3) is 5.95. The van der Waals surface area contributed by atoms with Crippen LogP contribution >= 0.6 is 27.3 Å². The van der Waals surface area contributed by atoms with E-state index in [0.717, 1.165) is 29.3 Å². The number of halogens is 1. The number of thiophene rings is 1. The summed E-state index contributed by atoms with van der Waals surface area (Å²) in [6.45, 7) is 2.88. The molecule has 0 amide bonds. The number of rotatable bonds is 10. The molecule has 0 bridgehead atoms. The predicted octanol–water partition coefficient (Wildman–Crippen LogP) is 4.94. The lowest BCUT2D eigenvalue weighted by Crippen LogP contribution is -2.15. The van der Waals surface area contributed by atoms with Gasteiger partial charge in [0, 0.05) is 23.8 Å². The van der Waals surface area contributed by atoms with Gasteiger partial charge in [-0.3, -0.25) is 4.79 Å². The van der Waals surface area contributed by atoms with Gasteiger partial charge in [0.1, 0.15) is 12.1 Å². The molecule has 0 saturated carbocycles. The Bertz CT molecular complexity index is 956. The summed E-state index contributed by atoms with van der Waals surface area (Å²) in [6, 6.07) is 10.1. The van der Waals surface area contributed by atoms with Crippen molar-refractivity contribution in [3.8, 4) is 0 Å². The fourth-order valence-corrected chi connectivity index (χ4v) is 4.37. The van der Waals surface area contributed by atoms with Crippen molar-refractivity contribution in [3.05, 3.63) is 74.3 Å². The molecule has 0 spiro atoms. The maximum atomic E-state index is 13.0. The minimum absolute atomic E-state index is 0.0761. The molecular weight excluding hydrogens is 450 g/mol. The van der Waals surface area contributed by atoms with Crippen LogP contribution in [0.4, 0.5) is 5.82 Å². The van der Waals surface area contributed by atoms with Crippen LogP contribution < -0.4 is 5.32 Å². The van der Waals surface area contributed by atoms with Crippen LogP contribution in [-0.2, 0) is 6.42 Å². The van der Waals surface area contributed by atoms with Gasteiger partial charge >= 0.3 is 0 Å². The van der Waals surface area contributed by atoms with Crippen molar-refractivity contribution in [3.63, 3.8) is 0 Å². The summed E-state index contributed by atoms with van der Waals surface area (Å²) >= 11 is 4.94. The van der Waals surface area contributed by atoms with E-state index in [1.54, 1.807) is 6.20 Å². The summed E-state index contributed by atoms with van der Waals surface area (Å²) in [5.41, 5.74) is 2.77. The quantitative estimate of drug-likeness (QED) is 0.407. The Morgan fingerprint density at radius 1 is 1.31 bits per heavy atom. The standard InChI is InChI=1S/C22H24BrN3O2S/c1-2-15(12-27)6-7-25-22-19(11-24-14-26-22)21(28)20-10-17(13-29-20)8-16-4-3-5-18(23)9-16/h3-5,9-11,13-15,27H,2,6-8,12H2,1H3,(H,24,25,26). The lowest BCUT2D eigenvalue weighted by atomic mass is 10.0. The fourth-order valence-electron chi connectivity index (χ4n) is 3.06. The van der Waals surface area contributed by atoms with Crippen molar-refractivity contribution in [2.24, 2.45) is 5.92 Å². The number of benzene rings is 1. The average Bonchev–Trinajstić information content (AvgIpc) is 3.19. The first kappa shape index (κ1) is 21.6. The first-order chi connectivity index (χ1) is 14.1. The van der Waals surface area contributed by atoms with Crippen LogP contribution in [-0.4, -0.2) is 34.0 Å². The minimum atomic E-state index is -0.0761. The molecule has 1 unspecified atom stereocenters. The van der Waals surface area contributed by atoms with E-state index in [-0.39, 0.29) is 18.3 Å². The SMILES string of the molecule is CCC(CO)CCNc1ncncc1C(=O)c1cc(Cc2cccc(Br)c2)cs1. The molecule has 2 N–H and O–H groups in total. The van der Waals surface area contributed by atoms with E-state index in [1.807, 2.05) is 23.6 Å². The zero-order chi connectivity index (χ0) is 20.6. The first-order valence-electron chi connectivity index (χ1n) is 9.62. The molecule has 0 aliphatic heterocycles. The highest BCUT2D eigenvalue weighted by Crippen LogP contribution is 2.24. The molecule has 3 rings (SSSR count). The maximum absolute atomic E-state index is 13.0. The Morgan fingerprint density at radius 3 is 2.93 bits per heavy atom. The molecule has 3 aromatic rings. The number of aliphatic hydroxyl groups excluding tert-OH is 1. The predicted molar refractivity (Wildman–Crippen MR) is 121 cm³/mol. The monoisotopic (exact) mass is 473 g/mol. The van der Waals surface area contributed by atoms with Crippen molar-refractivity contribution < 1.29 is 9.90 Å². The van der Waals surface area contributed by atoms with Gasteiger partial charge in [-0.2, -0.15) is 0 Å². The molecule has 2 heterocycles. The lowest BCUT2D eigenvalue weighted by molar-refractivity contribution is 0.104. The van der Waals surface area contributed by atoms with Crippen LogP contribution in [0.5, 0.6) is 0 Å². The first-order valence-corrected chi connectivity index (χ1v) is 11.3. The normalized spacial score (nSPS) is 12.0. The summed E-state index contributed by atoms with van der Waals surface area (Å²) in [6.07, 6.45) is 5.52. The summed E-state index contributed by atoms with van der Waals surface area (Å²) in [4.78, 5) is 22.0. The number of carbonyl (C=O) groups excluding carboxylic acids is 1. The van der Waals surface area contributed by atoms with Gasteiger partial charge in [-0.05, 0) is 53.5 Å². The van der Waals surface area contributed by atoms with Gasteiger partial charge in [-0.15, -0.1) is 11.3 Å². The van der Waals surface area contributed by atoms with E-state index < -0.39 is 0 Å². The number of aromatic nitrogens is 2. The Morgan fingerprint density at radius 2 is 2.17 bits per heavy atom. The molecule has 7 heteroatoms. The van der Waals surface area contributed by atoms with E-state index >= 15 is 0 Å². The van der Waals surface area contributed by atoms with E-state index in [1.165, 1.54) is 23.2 Å². The second-order valence-corrected chi connectivity index (χ2v) is 8.74. The Hall–Kier alpha value is -2.09. The highest BCUT2D eigenvalue weighted by Gasteiger charge is 2.17. The van der Waals surface area contributed by atoms with Crippen molar-refractivity contribution >= 4 is 38.9 Å². The van der Waals surface area contributed by atoms with Crippen molar-refractivity contribution in [2.45, 2.75) is 26.2 Å². The minimum Gasteiger partial charge on any atom is -0.396 e. The van der Waals surface area contributed by atoms with Crippen LogP contribution in [0.3, 0.4) is 0 Å². The molecule has 1 atom stereocenters. The van der Waals surface area contributed by atoms with E-state index in [4.69, 9.17) is 0 Å². The number of ketones is 1. The van der Waals surface area contributed by atoms with Gasteiger partial charge in [0.2, 0.25) is 5.78 Å². The molecule has 2 aromatic heterocycles. The van der Waals surface area contributed by atoms with E-state index in [0.29, 0.717) is 22.8 Å². The van der Waals surface area contributed by atoms with Crippen LogP contribution in [0, 0.1) is 5.92 Å². The van der Waals surface area contributed by atoms with E-state index in [9.17, 15) is 9.90 Å². The molecule has 5 nitrogen and oxygen atoms in total. The molecule has 0 saturated heterocycles. The Labute approximate surface area is 183 Å². The zero-order valence-electron chi connectivity index (χ0n) is 16.3. The molecule has 152 valence electrons. The summed E-state index contributed by atoms with van der Waals surface area (Å²) in [5, 5.41) is 14.6. The van der Waals surface area contributed by atoms with Crippen molar-refractivity contribution in [1.82, 2.24) is 9.97 Å². The lowest BCUT2D eigenvalue weighted by Gasteiger charge is -2.13. The summed E-state index contributed by atoms with van der Waals surface area (Å²) in [5.74, 6) is 0.717. The Kier molecular flexibility index (Phi) is 7.91. The number of anilines is 1. The van der Waals surface area contributed by atoms with E-state index in [2.05, 4.69) is 50.3 Å². The number of hydrogen-bond acceptors (Lipinski definition) is 6. The molecule has 29 heavy (non-hydrogen) atoms. The third-order valence-electron chi connectivity index (χ3n) is 4.81. The molecule has 0 aliphatic rings. The molecule has 1 aromatic carbocycles. The third-order valence-corrected chi connectivity index (χ3v) is 6.28. The van der Waals surface area contributed by atoms with Gasteiger partial charge in [-0.25, -0.2) is 9.97 Å². The molecule has 0 radical (unpaired) electrons. The highest BCUT2D eigenvalue weighted by atomic mass is 79.9. The second-order valence-electron chi connectivity index (χ2n) is 6.91. The number of hydrogen-bond donors (Lipinski definition) is 2. The fraction of sp³-hybridized carbons (Fsp3) is 0.318.